The summed E-state index contributed by atoms with van der Waals surface area (Å²) in [5, 5.41) is 11.0. The summed E-state index contributed by atoms with van der Waals surface area (Å²) in [5.41, 5.74) is 6.82. The van der Waals surface area contributed by atoms with Gasteiger partial charge in [0.15, 0.2) is 0 Å². The van der Waals surface area contributed by atoms with Crippen LogP contribution in [0, 0.1) is 10.1 Å². The number of nitrogens with two attached hydrogens (primary N) is 1. The number of aryl methyl sites for hydroxylation is 1. The number of ether oxygens (including phenoxy) is 1. The van der Waals surface area contributed by atoms with Crippen molar-refractivity contribution in [3.05, 3.63) is 52.2 Å². The van der Waals surface area contributed by atoms with Crippen molar-refractivity contribution in [2.75, 3.05) is 5.73 Å². The van der Waals surface area contributed by atoms with Crippen LogP contribution in [0.25, 0.3) is 0 Å². The zero-order valence-corrected chi connectivity index (χ0v) is 10.4. The molecule has 2 N–H and O–H groups in total. The molecule has 0 aliphatic rings. The zero-order valence-electron chi connectivity index (χ0n) is 10.4. The Balaban J connectivity index is 2.33. The Morgan fingerprint density at radius 1 is 1.37 bits per heavy atom. The maximum absolute atomic E-state index is 11.0. The highest BCUT2D eigenvalue weighted by atomic mass is 16.6. The smallest absolute Gasteiger partial charge is 0.311 e. The molecule has 2 aromatic rings. The highest BCUT2D eigenvalue weighted by molar-refractivity contribution is 5.50. The fourth-order valence-electron chi connectivity index (χ4n) is 1.58. The van der Waals surface area contributed by atoms with Crippen molar-refractivity contribution < 1.29 is 9.66 Å². The summed E-state index contributed by atoms with van der Waals surface area (Å²) in [6, 6.07) is 8.06. The van der Waals surface area contributed by atoms with Crippen molar-refractivity contribution in [2.45, 2.75) is 13.3 Å². The molecule has 0 radical (unpaired) electrons. The monoisotopic (exact) mass is 259 g/mol. The molecule has 0 atom stereocenters. The van der Waals surface area contributed by atoms with Gasteiger partial charge >= 0.3 is 5.69 Å². The molecule has 19 heavy (non-hydrogen) atoms. The first-order valence-corrected chi connectivity index (χ1v) is 5.77. The average molecular weight is 259 g/mol. The summed E-state index contributed by atoms with van der Waals surface area (Å²) < 4.78 is 5.42. The fraction of sp³-hybridized carbons (Fsp3) is 0.154. The van der Waals surface area contributed by atoms with E-state index in [1.807, 2.05) is 6.92 Å². The molecule has 0 aliphatic heterocycles. The first-order chi connectivity index (χ1) is 9.10. The van der Waals surface area contributed by atoms with Gasteiger partial charge in [-0.1, -0.05) is 13.0 Å². The van der Waals surface area contributed by atoms with E-state index < -0.39 is 4.92 Å². The van der Waals surface area contributed by atoms with Crippen LogP contribution in [0.4, 0.5) is 11.4 Å². The van der Waals surface area contributed by atoms with Crippen LogP contribution in [0.5, 0.6) is 11.6 Å². The van der Waals surface area contributed by atoms with E-state index in [4.69, 9.17) is 10.5 Å². The van der Waals surface area contributed by atoms with E-state index >= 15 is 0 Å². The maximum atomic E-state index is 11.0. The quantitative estimate of drug-likeness (QED) is 0.673. The Morgan fingerprint density at radius 2 is 2.16 bits per heavy atom. The van der Waals surface area contributed by atoms with E-state index in [2.05, 4.69) is 4.98 Å². The Kier molecular flexibility index (Phi) is 3.61. The zero-order chi connectivity index (χ0) is 13.8. The molecular weight excluding hydrogens is 246 g/mol. The second kappa shape index (κ2) is 5.34. The number of hydrogen-bond donors (Lipinski definition) is 1. The number of nitrogens with zero attached hydrogens (tertiary/aromatic N) is 2. The van der Waals surface area contributed by atoms with Crippen LogP contribution in [0.3, 0.4) is 0 Å². The van der Waals surface area contributed by atoms with Gasteiger partial charge in [0.1, 0.15) is 0 Å². The lowest BCUT2D eigenvalue weighted by Crippen LogP contribution is -1.96. The predicted octanol–water partition coefficient (Wildman–Crippen LogP) is 2.93. The van der Waals surface area contributed by atoms with Crippen LogP contribution >= 0.6 is 0 Å². The number of nitrogen functional groups attached to an aromatic ring is 1. The molecule has 0 saturated carbocycles. The molecular formula is C13H13N3O3. The van der Waals surface area contributed by atoms with Crippen LogP contribution in [0.1, 0.15) is 12.5 Å². The van der Waals surface area contributed by atoms with Crippen LogP contribution in [0.15, 0.2) is 36.5 Å². The Labute approximate surface area is 110 Å². The number of hydrogen-bond acceptors (Lipinski definition) is 5. The summed E-state index contributed by atoms with van der Waals surface area (Å²) in [4.78, 5) is 14.5. The first-order valence-electron chi connectivity index (χ1n) is 5.77. The summed E-state index contributed by atoms with van der Waals surface area (Å²) in [7, 11) is 0. The third-order valence-corrected chi connectivity index (χ3v) is 2.60. The van der Waals surface area contributed by atoms with Crippen LogP contribution in [-0.2, 0) is 6.42 Å². The number of anilines is 1. The van der Waals surface area contributed by atoms with Gasteiger partial charge in [0.2, 0.25) is 11.6 Å². The van der Waals surface area contributed by atoms with Gasteiger partial charge in [0, 0.05) is 12.1 Å². The second-order valence-corrected chi connectivity index (χ2v) is 3.94. The lowest BCUT2D eigenvalue weighted by Gasteiger charge is -2.06. The lowest BCUT2D eigenvalue weighted by molar-refractivity contribution is -0.385. The minimum absolute atomic E-state index is 0.0713. The first kappa shape index (κ1) is 12.8. The average Bonchev–Trinajstić information content (AvgIpc) is 2.41. The van der Waals surface area contributed by atoms with Crippen molar-refractivity contribution in [3.63, 3.8) is 0 Å². The summed E-state index contributed by atoms with van der Waals surface area (Å²) in [6.07, 6.45) is 2.16. The van der Waals surface area contributed by atoms with Crippen LogP contribution < -0.4 is 10.5 Å². The van der Waals surface area contributed by atoms with Crippen molar-refractivity contribution in [1.82, 2.24) is 4.98 Å². The van der Waals surface area contributed by atoms with E-state index in [1.165, 1.54) is 12.3 Å². The molecule has 2 rings (SSSR count). The predicted molar refractivity (Wildman–Crippen MR) is 71.2 cm³/mol. The van der Waals surface area contributed by atoms with E-state index in [-0.39, 0.29) is 17.3 Å². The van der Waals surface area contributed by atoms with Gasteiger partial charge < -0.3 is 10.5 Å². The van der Waals surface area contributed by atoms with E-state index in [1.54, 1.807) is 24.3 Å². The van der Waals surface area contributed by atoms with Gasteiger partial charge in [-0.2, -0.15) is 0 Å². The highest BCUT2D eigenvalue weighted by Crippen LogP contribution is 2.31. The standard InChI is InChI=1S/C13H13N3O3/c1-2-9-3-5-12(11(7-9)16(17)18)19-13-6-4-10(14)8-15-13/h3-8H,2,14H2,1H3. The molecule has 0 unspecified atom stereocenters. The molecule has 98 valence electrons. The van der Waals surface area contributed by atoms with Gasteiger partial charge in [0.25, 0.3) is 0 Å². The number of benzene rings is 1. The van der Waals surface area contributed by atoms with Gasteiger partial charge in [-0.25, -0.2) is 4.98 Å². The molecule has 0 fully saturated rings. The topological polar surface area (TPSA) is 91.3 Å². The third-order valence-electron chi connectivity index (χ3n) is 2.60. The van der Waals surface area contributed by atoms with E-state index in [0.717, 1.165) is 12.0 Å². The number of nitro benzene ring substituents is 1. The van der Waals surface area contributed by atoms with Crippen LogP contribution in [-0.4, -0.2) is 9.91 Å². The van der Waals surface area contributed by atoms with Crippen molar-refractivity contribution in [2.24, 2.45) is 0 Å². The van der Waals surface area contributed by atoms with Crippen molar-refractivity contribution >= 4 is 11.4 Å². The normalized spacial score (nSPS) is 10.2. The van der Waals surface area contributed by atoms with Gasteiger partial charge in [-0.15, -0.1) is 0 Å². The van der Waals surface area contributed by atoms with Gasteiger partial charge in [-0.05, 0) is 24.1 Å². The summed E-state index contributed by atoms with van der Waals surface area (Å²) in [5.74, 6) is 0.431. The largest absolute Gasteiger partial charge is 0.432 e. The van der Waals surface area contributed by atoms with Gasteiger partial charge in [0.05, 0.1) is 16.8 Å². The minimum Gasteiger partial charge on any atom is -0.432 e. The number of nitro groups is 1. The number of aromatic nitrogens is 1. The molecule has 0 bridgehead atoms. The molecule has 1 aromatic carbocycles. The molecule has 6 heteroatoms. The lowest BCUT2D eigenvalue weighted by atomic mass is 10.1. The Hall–Kier alpha value is -2.63. The van der Waals surface area contributed by atoms with E-state index in [0.29, 0.717) is 5.69 Å². The molecule has 1 aromatic heterocycles. The summed E-state index contributed by atoms with van der Waals surface area (Å²) in [6.45, 7) is 1.93. The Bertz CT molecular complexity index is 597. The second-order valence-electron chi connectivity index (χ2n) is 3.94. The molecule has 0 spiro atoms. The minimum atomic E-state index is -0.466. The highest BCUT2D eigenvalue weighted by Gasteiger charge is 2.16. The fourth-order valence-corrected chi connectivity index (χ4v) is 1.58. The SMILES string of the molecule is CCc1ccc(Oc2ccc(N)cn2)c([N+](=O)[O-])c1. The van der Waals surface area contributed by atoms with Crippen LogP contribution in [0.2, 0.25) is 0 Å². The van der Waals surface area contributed by atoms with Gasteiger partial charge in [-0.3, -0.25) is 10.1 Å². The van der Waals surface area contributed by atoms with E-state index in [9.17, 15) is 10.1 Å². The maximum Gasteiger partial charge on any atom is 0.311 e. The Morgan fingerprint density at radius 3 is 2.74 bits per heavy atom. The number of rotatable bonds is 4. The molecule has 0 aliphatic carbocycles. The summed E-state index contributed by atoms with van der Waals surface area (Å²) >= 11 is 0. The molecule has 0 saturated heterocycles. The molecule has 0 amide bonds. The third kappa shape index (κ3) is 2.98. The number of pyridine rings is 1. The molecule has 1 heterocycles. The van der Waals surface area contributed by atoms with Crippen molar-refractivity contribution in [3.8, 4) is 11.6 Å². The van der Waals surface area contributed by atoms with Crippen molar-refractivity contribution in [1.29, 1.82) is 0 Å². The molecule has 6 nitrogen and oxygen atoms in total.